The highest BCUT2D eigenvalue weighted by Crippen LogP contribution is 2.45. The lowest BCUT2D eigenvalue weighted by Gasteiger charge is -2.25. The first-order chi connectivity index (χ1) is 17.3. The van der Waals surface area contributed by atoms with Crippen LogP contribution in [0.15, 0.2) is 47.6 Å². The number of pyridine rings is 1. The fourth-order valence-electron chi connectivity index (χ4n) is 3.80. The average molecular weight is 486 g/mol. The smallest absolute Gasteiger partial charge is 0.119 e. The van der Waals surface area contributed by atoms with Crippen LogP contribution in [0.1, 0.15) is 41.3 Å². The van der Waals surface area contributed by atoms with Gasteiger partial charge in [0.15, 0.2) is 0 Å². The molecule has 0 amide bonds. The summed E-state index contributed by atoms with van der Waals surface area (Å²) in [6.07, 6.45) is 3.80. The number of ether oxygens (including phenoxy) is 3. The van der Waals surface area contributed by atoms with Crippen molar-refractivity contribution in [2.75, 3.05) is 26.4 Å². The number of hydrogen-bond donors (Lipinski definition) is 0. The van der Waals surface area contributed by atoms with Gasteiger partial charge in [0, 0.05) is 23.4 Å². The van der Waals surface area contributed by atoms with Gasteiger partial charge >= 0.3 is 0 Å². The molecule has 2 fully saturated rings. The van der Waals surface area contributed by atoms with Crippen LogP contribution in [0, 0.1) is 22.7 Å². The molecule has 1 saturated carbocycles. The van der Waals surface area contributed by atoms with Crippen molar-refractivity contribution in [1.29, 1.82) is 10.5 Å². The fraction of sp³-hybridized carbons (Fsp3) is 0.346. The summed E-state index contributed by atoms with van der Waals surface area (Å²) in [5.74, 6) is 1.50. The third-order valence-corrected chi connectivity index (χ3v) is 6.83. The maximum absolute atomic E-state index is 10.1. The van der Waals surface area contributed by atoms with E-state index in [1.54, 1.807) is 6.20 Å². The number of thioether (sulfide) groups is 1. The topological polar surface area (TPSA) is 114 Å². The van der Waals surface area contributed by atoms with Crippen molar-refractivity contribution < 1.29 is 14.2 Å². The van der Waals surface area contributed by atoms with Gasteiger partial charge in [-0.05, 0) is 42.7 Å². The Hall–Kier alpha value is -3.50. The van der Waals surface area contributed by atoms with Crippen molar-refractivity contribution in [2.24, 2.45) is 0 Å². The van der Waals surface area contributed by atoms with E-state index in [0.717, 1.165) is 29.8 Å². The van der Waals surface area contributed by atoms with Gasteiger partial charge in [0.1, 0.15) is 35.6 Å². The van der Waals surface area contributed by atoms with E-state index in [-0.39, 0.29) is 12.0 Å². The lowest BCUT2D eigenvalue weighted by atomic mass is 9.94. The SMILES string of the molecule is N#Cc1c(SCc2cccnn2)nc(C2CC2)c(C#N)c1-c1ccc(OCCOC2COC2)cc1. The molecule has 8 nitrogen and oxygen atoms in total. The maximum Gasteiger partial charge on any atom is 0.119 e. The van der Waals surface area contributed by atoms with Crippen LogP contribution in [0.2, 0.25) is 0 Å². The second kappa shape index (κ2) is 10.8. The Balaban J connectivity index is 1.41. The molecule has 0 radical (unpaired) electrons. The molecule has 176 valence electrons. The highest BCUT2D eigenvalue weighted by molar-refractivity contribution is 7.98. The highest BCUT2D eigenvalue weighted by Gasteiger charge is 2.32. The molecular weight excluding hydrogens is 462 g/mol. The van der Waals surface area contributed by atoms with Crippen molar-refractivity contribution in [1.82, 2.24) is 15.2 Å². The van der Waals surface area contributed by atoms with E-state index in [0.29, 0.717) is 59.6 Å². The van der Waals surface area contributed by atoms with Gasteiger partial charge in [-0.2, -0.15) is 20.7 Å². The Morgan fingerprint density at radius 2 is 1.83 bits per heavy atom. The number of aromatic nitrogens is 3. The van der Waals surface area contributed by atoms with E-state index in [9.17, 15) is 10.5 Å². The summed E-state index contributed by atoms with van der Waals surface area (Å²) < 4.78 is 16.5. The zero-order chi connectivity index (χ0) is 24.0. The molecule has 35 heavy (non-hydrogen) atoms. The van der Waals surface area contributed by atoms with Gasteiger partial charge in [-0.3, -0.25) is 0 Å². The van der Waals surface area contributed by atoms with Crippen LogP contribution in [0.25, 0.3) is 11.1 Å². The molecule has 2 aliphatic rings. The van der Waals surface area contributed by atoms with Crippen LogP contribution in [-0.4, -0.2) is 47.7 Å². The summed E-state index contributed by atoms with van der Waals surface area (Å²) >= 11 is 1.44. The first kappa shape index (κ1) is 23.3. The van der Waals surface area contributed by atoms with E-state index in [2.05, 4.69) is 22.3 Å². The Morgan fingerprint density at radius 1 is 1.03 bits per heavy atom. The molecule has 5 rings (SSSR count). The zero-order valence-corrected chi connectivity index (χ0v) is 19.8. The van der Waals surface area contributed by atoms with E-state index in [1.165, 1.54) is 11.8 Å². The third kappa shape index (κ3) is 5.44. The molecule has 0 bridgehead atoms. The molecule has 3 aromatic rings. The highest BCUT2D eigenvalue weighted by atomic mass is 32.2. The van der Waals surface area contributed by atoms with Crippen molar-refractivity contribution in [3.8, 4) is 29.0 Å². The second-order valence-electron chi connectivity index (χ2n) is 8.33. The minimum atomic E-state index is 0.170. The number of nitriles is 2. The number of benzene rings is 1. The van der Waals surface area contributed by atoms with Gasteiger partial charge in [-0.15, -0.1) is 0 Å². The van der Waals surface area contributed by atoms with Crippen LogP contribution in [0.4, 0.5) is 0 Å². The predicted molar refractivity (Wildman–Crippen MR) is 129 cm³/mol. The van der Waals surface area contributed by atoms with E-state index < -0.39 is 0 Å². The molecule has 0 N–H and O–H groups in total. The summed E-state index contributed by atoms with van der Waals surface area (Å²) in [5.41, 5.74) is 3.90. The molecule has 0 unspecified atom stereocenters. The fourth-order valence-corrected chi connectivity index (χ4v) is 4.69. The minimum absolute atomic E-state index is 0.170. The summed E-state index contributed by atoms with van der Waals surface area (Å²) in [4.78, 5) is 4.79. The molecule has 1 saturated heterocycles. The molecule has 1 aromatic carbocycles. The molecule has 0 atom stereocenters. The van der Waals surface area contributed by atoms with Crippen molar-refractivity contribution >= 4 is 11.8 Å². The summed E-state index contributed by atoms with van der Waals surface area (Å²) in [5, 5.41) is 28.8. The summed E-state index contributed by atoms with van der Waals surface area (Å²) in [7, 11) is 0. The van der Waals surface area contributed by atoms with Crippen LogP contribution in [0.5, 0.6) is 5.75 Å². The van der Waals surface area contributed by atoms with Gasteiger partial charge in [-0.1, -0.05) is 23.9 Å². The van der Waals surface area contributed by atoms with E-state index in [4.69, 9.17) is 19.2 Å². The quantitative estimate of drug-likeness (QED) is 0.307. The lowest BCUT2D eigenvalue weighted by Crippen LogP contribution is -2.37. The number of rotatable bonds is 10. The van der Waals surface area contributed by atoms with Crippen LogP contribution in [-0.2, 0) is 15.2 Å². The zero-order valence-electron chi connectivity index (χ0n) is 19.0. The molecular formula is C26H23N5O3S. The van der Waals surface area contributed by atoms with Crippen LogP contribution in [0.3, 0.4) is 0 Å². The molecule has 9 heteroatoms. The molecule has 0 spiro atoms. The molecule has 3 heterocycles. The van der Waals surface area contributed by atoms with Crippen molar-refractivity contribution in [3.63, 3.8) is 0 Å². The largest absolute Gasteiger partial charge is 0.491 e. The molecule has 2 aromatic heterocycles. The van der Waals surface area contributed by atoms with Crippen LogP contribution < -0.4 is 4.74 Å². The third-order valence-electron chi connectivity index (χ3n) is 5.82. The Kier molecular flexibility index (Phi) is 7.20. The predicted octanol–water partition coefficient (Wildman–Crippen LogP) is 4.25. The normalized spacial score (nSPS) is 15.1. The standard InChI is InChI=1S/C26H23N5O3S/c27-12-22-24(17-5-7-20(8-6-17)33-10-11-34-21-14-32-15-21)23(13-28)26(30-25(22)18-3-4-18)35-16-19-2-1-9-29-31-19/h1-2,5-9,18,21H,3-4,10-11,14-16H2. The maximum atomic E-state index is 10.1. The van der Waals surface area contributed by atoms with Crippen molar-refractivity contribution in [3.05, 3.63) is 65.1 Å². The Bertz CT molecular complexity index is 1260. The number of hydrogen-bond acceptors (Lipinski definition) is 9. The summed E-state index contributed by atoms with van der Waals surface area (Å²) in [6.45, 7) is 2.22. The Labute approximate surface area is 207 Å². The average Bonchev–Trinajstić information content (AvgIpc) is 3.72. The first-order valence-electron chi connectivity index (χ1n) is 11.5. The van der Waals surface area contributed by atoms with Gasteiger partial charge in [0.2, 0.25) is 0 Å². The number of nitrogens with zero attached hydrogens (tertiary/aromatic N) is 5. The van der Waals surface area contributed by atoms with E-state index >= 15 is 0 Å². The molecule has 1 aliphatic heterocycles. The lowest BCUT2D eigenvalue weighted by molar-refractivity contribution is -0.132. The monoisotopic (exact) mass is 485 g/mol. The van der Waals surface area contributed by atoms with Crippen LogP contribution >= 0.6 is 11.8 Å². The first-order valence-corrected chi connectivity index (χ1v) is 12.5. The minimum Gasteiger partial charge on any atom is -0.491 e. The van der Waals surface area contributed by atoms with Gasteiger partial charge in [0.25, 0.3) is 0 Å². The van der Waals surface area contributed by atoms with Gasteiger partial charge in [-0.25, -0.2) is 4.98 Å². The van der Waals surface area contributed by atoms with Gasteiger partial charge in [0.05, 0.1) is 42.3 Å². The van der Waals surface area contributed by atoms with Gasteiger partial charge < -0.3 is 14.2 Å². The van der Waals surface area contributed by atoms with Crippen molar-refractivity contribution in [2.45, 2.75) is 35.6 Å². The second-order valence-corrected chi connectivity index (χ2v) is 9.30. The summed E-state index contributed by atoms with van der Waals surface area (Å²) in [6, 6.07) is 15.9. The van der Waals surface area contributed by atoms with E-state index in [1.807, 2.05) is 36.4 Å². The molecule has 1 aliphatic carbocycles. The Morgan fingerprint density at radius 3 is 2.46 bits per heavy atom.